The summed E-state index contributed by atoms with van der Waals surface area (Å²) >= 11 is 1.85. The minimum absolute atomic E-state index is 0.641. The van der Waals surface area contributed by atoms with Gasteiger partial charge in [-0.15, -0.1) is 11.3 Å². The van der Waals surface area contributed by atoms with E-state index in [9.17, 15) is 0 Å². The number of nitrogens with zero attached hydrogens (tertiary/aromatic N) is 2. The highest BCUT2D eigenvalue weighted by Gasteiger charge is 2.18. The van der Waals surface area contributed by atoms with Crippen LogP contribution in [0.25, 0.3) is 10.3 Å². The fraction of sp³-hybridized carbons (Fsp3) is 0.818. The molecule has 1 radical (unpaired) electrons. The molecule has 0 atom stereocenters. The molecular weight excluding hydrogens is 467 g/mol. The highest BCUT2D eigenvalue weighted by molar-refractivity contribution is 7.26. The third kappa shape index (κ3) is 11.0. The SMILES string of the molecule is [B](c1nc2ccc(C3CCCCCCCCCCC3)nc2s1)C1CCCCCCCCCCCCCC1. The van der Waals surface area contributed by atoms with Crippen molar-refractivity contribution in [3.63, 3.8) is 0 Å². The van der Waals surface area contributed by atoms with Gasteiger partial charge in [-0.05, 0) is 25.0 Å². The zero-order valence-corrected chi connectivity index (χ0v) is 24.7. The van der Waals surface area contributed by atoms with Gasteiger partial charge in [-0.1, -0.05) is 153 Å². The van der Waals surface area contributed by atoms with Crippen molar-refractivity contribution in [3.8, 4) is 0 Å². The second-order valence-corrected chi connectivity index (χ2v) is 13.3. The number of rotatable bonds is 3. The number of hydrogen-bond donors (Lipinski definition) is 0. The average Bonchev–Trinajstić information content (AvgIpc) is 3.29. The zero-order valence-electron chi connectivity index (χ0n) is 23.9. The molecule has 2 aromatic heterocycles. The smallest absolute Gasteiger partial charge is 0.195 e. The van der Waals surface area contributed by atoms with Crippen molar-refractivity contribution in [1.29, 1.82) is 0 Å². The van der Waals surface area contributed by atoms with E-state index in [1.54, 1.807) is 0 Å². The van der Waals surface area contributed by atoms with E-state index in [-0.39, 0.29) is 0 Å². The van der Waals surface area contributed by atoms with Crippen LogP contribution in [0, 0.1) is 0 Å². The van der Waals surface area contributed by atoms with Gasteiger partial charge >= 0.3 is 0 Å². The molecule has 2 aromatic rings. The van der Waals surface area contributed by atoms with Crippen molar-refractivity contribution in [2.75, 3.05) is 0 Å². The van der Waals surface area contributed by atoms with Gasteiger partial charge in [0.2, 0.25) is 0 Å². The number of fused-ring (bicyclic) bond motifs is 1. The van der Waals surface area contributed by atoms with Gasteiger partial charge in [0.25, 0.3) is 0 Å². The highest BCUT2D eigenvalue weighted by Crippen LogP contribution is 2.31. The number of thiazole rings is 1. The van der Waals surface area contributed by atoms with Gasteiger partial charge < -0.3 is 0 Å². The molecular formula is C33H54BN2S. The third-order valence-corrected chi connectivity index (χ3v) is 10.0. The second kappa shape index (κ2) is 17.6. The van der Waals surface area contributed by atoms with E-state index < -0.39 is 0 Å². The van der Waals surface area contributed by atoms with Gasteiger partial charge in [0.15, 0.2) is 7.28 Å². The highest BCUT2D eigenvalue weighted by atomic mass is 32.1. The van der Waals surface area contributed by atoms with Gasteiger partial charge in [0.05, 0.1) is 5.52 Å². The molecule has 205 valence electrons. The summed E-state index contributed by atoms with van der Waals surface area (Å²) in [4.78, 5) is 12.7. The summed E-state index contributed by atoms with van der Waals surface area (Å²) in [6, 6.07) is 4.59. The average molecular weight is 522 g/mol. The van der Waals surface area contributed by atoms with Crippen molar-refractivity contribution in [1.82, 2.24) is 9.97 Å². The van der Waals surface area contributed by atoms with Crippen molar-refractivity contribution in [2.45, 2.75) is 172 Å². The molecule has 0 aliphatic heterocycles. The van der Waals surface area contributed by atoms with E-state index in [0.29, 0.717) is 11.7 Å². The van der Waals surface area contributed by atoms with E-state index in [4.69, 9.17) is 9.97 Å². The van der Waals surface area contributed by atoms with Gasteiger partial charge in [0, 0.05) is 16.5 Å². The monoisotopic (exact) mass is 521 g/mol. The molecule has 2 fully saturated rings. The van der Waals surface area contributed by atoms with Crippen LogP contribution in [-0.4, -0.2) is 17.2 Å². The number of hydrogen-bond acceptors (Lipinski definition) is 3. The molecule has 0 saturated heterocycles. The Morgan fingerprint density at radius 1 is 0.514 bits per heavy atom. The molecule has 2 nitrogen and oxygen atoms in total. The Kier molecular flexibility index (Phi) is 13.9. The van der Waals surface area contributed by atoms with Crippen LogP contribution in [0.5, 0.6) is 0 Å². The molecule has 0 N–H and O–H groups in total. The summed E-state index contributed by atoms with van der Waals surface area (Å²) in [6.07, 6.45) is 35.2. The van der Waals surface area contributed by atoms with Crippen LogP contribution in [0.3, 0.4) is 0 Å². The lowest BCUT2D eigenvalue weighted by Gasteiger charge is -2.17. The first-order valence-electron chi connectivity index (χ1n) is 16.5. The van der Waals surface area contributed by atoms with Crippen molar-refractivity contribution >= 4 is 33.9 Å². The summed E-state index contributed by atoms with van der Waals surface area (Å²) < 4.78 is 0. The van der Waals surface area contributed by atoms with Crippen molar-refractivity contribution in [3.05, 3.63) is 17.8 Å². The van der Waals surface area contributed by atoms with E-state index in [2.05, 4.69) is 19.4 Å². The van der Waals surface area contributed by atoms with E-state index in [1.165, 1.54) is 176 Å². The molecule has 0 spiro atoms. The van der Waals surface area contributed by atoms with Gasteiger partial charge in [-0.3, -0.25) is 4.98 Å². The third-order valence-electron chi connectivity index (χ3n) is 9.10. The summed E-state index contributed by atoms with van der Waals surface area (Å²) in [5.41, 5.74) is 2.46. The minimum Gasteiger partial charge on any atom is -0.251 e. The fourth-order valence-electron chi connectivity index (χ4n) is 6.70. The standard InChI is InChI=1S/C33H54BN2S/c1-2-4-9-13-17-21-25-29(24-20-16-12-8-3-1)34-33-36-31-27-26-30(35-32(31)37-33)28-22-18-14-10-6-5-7-11-15-19-23-28/h26-29H,1-25H2. The number of aromatic nitrogens is 2. The molecule has 37 heavy (non-hydrogen) atoms. The van der Waals surface area contributed by atoms with E-state index in [0.717, 1.165) is 5.52 Å². The predicted molar refractivity (Wildman–Crippen MR) is 165 cm³/mol. The second-order valence-electron chi connectivity index (χ2n) is 12.3. The van der Waals surface area contributed by atoms with Crippen LogP contribution in [0.15, 0.2) is 12.1 Å². The normalized spacial score (nSPS) is 22.4. The van der Waals surface area contributed by atoms with Crippen LogP contribution in [0.2, 0.25) is 5.82 Å². The lowest BCUT2D eigenvalue weighted by atomic mass is 9.61. The lowest BCUT2D eigenvalue weighted by Crippen LogP contribution is -2.19. The van der Waals surface area contributed by atoms with Gasteiger partial charge in [0.1, 0.15) is 4.83 Å². The van der Waals surface area contributed by atoms with E-state index in [1.807, 2.05) is 11.3 Å². The van der Waals surface area contributed by atoms with Crippen LogP contribution in [-0.2, 0) is 0 Å². The van der Waals surface area contributed by atoms with Crippen molar-refractivity contribution in [2.24, 2.45) is 0 Å². The van der Waals surface area contributed by atoms with Crippen LogP contribution < -0.4 is 4.91 Å². The maximum atomic E-state index is 5.23. The Balaban J connectivity index is 1.36. The largest absolute Gasteiger partial charge is 0.251 e. The Bertz CT molecular complexity index is 837. The molecule has 0 bridgehead atoms. The van der Waals surface area contributed by atoms with Crippen LogP contribution >= 0.6 is 11.3 Å². The Morgan fingerprint density at radius 3 is 1.43 bits per heavy atom. The molecule has 0 amide bonds. The van der Waals surface area contributed by atoms with Gasteiger partial charge in [-0.25, -0.2) is 4.98 Å². The topological polar surface area (TPSA) is 25.8 Å². The van der Waals surface area contributed by atoms with Gasteiger partial charge in [-0.2, -0.15) is 0 Å². The molecule has 2 heterocycles. The first-order chi connectivity index (χ1) is 18.4. The number of pyridine rings is 1. The maximum Gasteiger partial charge on any atom is 0.195 e. The predicted octanol–water partition coefficient (Wildman–Crippen LogP) is 10.7. The zero-order chi connectivity index (χ0) is 25.4. The summed E-state index contributed by atoms with van der Waals surface area (Å²) in [7, 11) is 2.53. The molecule has 4 heteroatoms. The summed E-state index contributed by atoms with van der Waals surface area (Å²) in [5, 5.41) is 0. The molecule has 4 rings (SSSR count). The molecule has 2 aliphatic carbocycles. The van der Waals surface area contributed by atoms with Crippen LogP contribution in [0.1, 0.15) is 172 Å². The van der Waals surface area contributed by atoms with Crippen LogP contribution in [0.4, 0.5) is 0 Å². The first-order valence-corrected chi connectivity index (χ1v) is 17.3. The van der Waals surface area contributed by atoms with E-state index >= 15 is 0 Å². The minimum atomic E-state index is 0.641. The summed E-state index contributed by atoms with van der Waals surface area (Å²) in [6.45, 7) is 0. The lowest BCUT2D eigenvalue weighted by molar-refractivity contribution is 0.463. The summed E-state index contributed by atoms with van der Waals surface area (Å²) in [5.74, 6) is 1.33. The Hall–Kier alpha value is -0.895. The fourth-order valence-corrected chi connectivity index (χ4v) is 7.67. The van der Waals surface area contributed by atoms with Crippen molar-refractivity contribution < 1.29 is 0 Å². The molecule has 0 aromatic carbocycles. The Labute approximate surface area is 233 Å². The molecule has 2 saturated carbocycles. The Morgan fingerprint density at radius 2 is 0.946 bits per heavy atom. The molecule has 2 aliphatic rings. The quantitative estimate of drug-likeness (QED) is 0.375. The molecule has 0 unspecified atom stereocenters. The maximum absolute atomic E-state index is 5.23. The first kappa shape index (κ1) is 29.1.